The Bertz CT molecular complexity index is 346. The molecule has 0 saturated heterocycles. The third kappa shape index (κ3) is 2.44. The number of nitrogens with zero attached hydrogens (tertiary/aromatic N) is 1. The molecule has 0 heterocycles. The molecule has 0 fully saturated rings. The highest BCUT2D eigenvalue weighted by Crippen LogP contribution is 2.26. The molecule has 1 aromatic rings. The highest BCUT2D eigenvalue weighted by atomic mass is 79.9. The normalized spacial score (nSPS) is 12.2. The second-order valence-corrected chi connectivity index (χ2v) is 3.81. The van der Waals surface area contributed by atoms with Crippen molar-refractivity contribution in [1.29, 1.82) is 5.26 Å². The molecular weight excluding hydrogens is 251 g/mol. The number of hydrogen-bond acceptors (Lipinski definition) is 2. The first kappa shape index (κ1) is 10.5. The first-order valence-corrected chi connectivity index (χ1v) is 4.88. The molecule has 0 aliphatic heterocycles. The van der Waals surface area contributed by atoms with E-state index in [9.17, 15) is 0 Å². The van der Waals surface area contributed by atoms with E-state index in [1.807, 2.05) is 6.07 Å². The molecule has 2 nitrogen and oxygen atoms in total. The van der Waals surface area contributed by atoms with Crippen molar-refractivity contribution in [3.8, 4) is 6.07 Å². The molecule has 1 N–H and O–H groups in total. The molecule has 0 radical (unpaired) electrons. The number of benzene rings is 1. The van der Waals surface area contributed by atoms with Crippen LogP contribution in [0.4, 0.5) is 0 Å². The second-order valence-electron chi connectivity index (χ2n) is 2.52. The maximum absolute atomic E-state index is 8.81. The van der Waals surface area contributed by atoms with E-state index in [1.165, 1.54) is 0 Å². The van der Waals surface area contributed by atoms with E-state index in [4.69, 9.17) is 16.9 Å². The van der Waals surface area contributed by atoms with Gasteiger partial charge < -0.3 is 5.32 Å². The van der Waals surface area contributed by atoms with Crippen molar-refractivity contribution in [3.63, 3.8) is 0 Å². The summed E-state index contributed by atoms with van der Waals surface area (Å²) >= 11 is 9.13. The molecule has 0 aliphatic rings. The van der Waals surface area contributed by atoms with E-state index in [0.29, 0.717) is 5.02 Å². The van der Waals surface area contributed by atoms with Crippen LogP contribution in [0.3, 0.4) is 0 Å². The minimum Gasteiger partial charge on any atom is -0.301 e. The zero-order chi connectivity index (χ0) is 9.84. The summed E-state index contributed by atoms with van der Waals surface area (Å²) in [4.78, 5) is 0. The maximum atomic E-state index is 8.81. The quantitative estimate of drug-likeness (QED) is 0.886. The molecule has 4 heteroatoms. The monoisotopic (exact) mass is 258 g/mol. The highest BCUT2D eigenvalue weighted by Gasteiger charge is 2.10. The lowest BCUT2D eigenvalue weighted by molar-refractivity contribution is 0.724. The summed E-state index contributed by atoms with van der Waals surface area (Å²) < 4.78 is 0.848. The van der Waals surface area contributed by atoms with Crippen LogP contribution in [0.25, 0.3) is 0 Å². The van der Waals surface area contributed by atoms with Gasteiger partial charge in [-0.15, -0.1) is 0 Å². The molecule has 13 heavy (non-hydrogen) atoms. The Morgan fingerprint density at radius 1 is 1.62 bits per heavy atom. The lowest BCUT2D eigenvalue weighted by Crippen LogP contribution is -2.14. The van der Waals surface area contributed by atoms with E-state index in [2.05, 4.69) is 27.3 Å². The summed E-state index contributed by atoms with van der Waals surface area (Å²) in [6.07, 6.45) is 0. The summed E-state index contributed by atoms with van der Waals surface area (Å²) in [7, 11) is 1.74. The van der Waals surface area contributed by atoms with Crippen LogP contribution < -0.4 is 5.32 Å². The summed E-state index contributed by atoms with van der Waals surface area (Å²) in [6, 6.07) is 7.22. The average molecular weight is 260 g/mol. The fraction of sp³-hybridized carbons (Fsp3) is 0.222. The zero-order valence-electron chi connectivity index (χ0n) is 7.01. The number of hydrogen-bond donors (Lipinski definition) is 1. The van der Waals surface area contributed by atoms with Crippen molar-refractivity contribution in [2.75, 3.05) is 7.05 Å². The van der Waals surface area contributed by atoms with Gasteiger partial charge in [0.15, 0.2) is 0 Å². The molecule has 0 spiro atoms. The van der Waals surface area contributed by atoms with Crippen LogP contribution in [0.2, 0.25) is 5.02 Å². The standard InChI is InChI=1S/C9H8BrClN2/c1-13-9(5-12)7-3-2-6(11)4-8(7)10/h2-4,9,13H,1H3. The van der Waals surface area contributed by atoms with Crippen LogP contribution in [-0.4, -0.2) is 7.05 Å². The molecule has 0 aromatic heterocycles. The van der Waals surface area contributed by atoms with Crippen LogP contribution in [0, 0.1) is 11.3 Å². The van der Waals surface area contributed by atoms with Crippen molar-refractivity contribution >= 4 is 27.5 Å². The first-order chi connectivity index (χ1) is 6.19. The van der Waals surface area contributed by atoms with Gasteiger partial charge in [0.1, 0.15) is 6.04 Å². The Balaban J connectivity index is 3.09. The Hall–Kier alpha value is -0.560. The summed E-state index contributed by atoms with van der Waals surface area (Å²) in [5.74, 6) is 0. The minimum atomic E-state index is -0.299. The molecule has 0 aliphatic carbocycles. The van der Waals surface area contributed by atoms with Gasteiger partial charge in [0.25, 0.3) is 0 Å². The van der Waals surface area contributed by atoms with Crippen LogP contribution in [0.1, 0.15) is 11.6 Å². The smallest absolute Gasteiger partial charge is 0.122 e. The molecule has 68 valence electrons. The van der Waals surface area contributed by atoms with Crippen molar-refractivity contribution in [1.82, 2.24) is 5.32 Å². The summed E-state index contributed by atoms with van der Waals surface area (Å²) in [5.41, 5.74) is 0.898. The van der Waals surface area contributed by atoms with Gasteiger partial charge in [-0.25, -0.2) is 0 Å². The zero-order valence-corrected chi connectivity index (χ0v) is 9.35. The van der Waals surface area contributed by atoms with Gasteiger partial charge in [-0.3, -0.25) is 0 Å². The maximum Gasteiger partial charge on any atom is 0.122 e. The van der Waals surface area contributed by atoms with Crippen molar-refractivity contribution in [3.05, 3.63) is 33.3 Å². The molecule has 1 atom stereocenters. The molecule has 0 bridgehead atoms. The van der Waals surface area contributed by atoms with E-state index in [0.717, 1.165) is 10.0 Å². The number of rotatable bonds is 2. The lowest BCUT2D eigenvalue weighted by Gasteiger charge is -2.09. The van der Waals surface area contributed by atoms with E-state index < -0.39 is 0 Å². The van der Waals surface area contributed by atoms with Crippen molar-refractivity contribution in [2.24, 2.45) is 0 Å². The fourth-order valence-electron chi connectivity index (χ4n) is 1.03. The van der Waals surface area contributed by atoms with E-state index in [-0.39, 0.29) is 6.04 Å². The number of halogens is 2. The molecule has 1 aromatic carbocycles. The Morgan fingerprint density at radius 3 is 2.77 bits per heavy atom. The van der Waals surface area contributed by atoms with Gasteiger partial charge in [0, 0.05) is 9.50 Å². The molecule has 0 amide bonds. The average Bonchev–Trinajstić information content (AvgIpc) is 2.10. The minimum absolute atomic E-state index is 0.299. The SMILES string of the molecule is CNC(C#N)c1ccc(Cl)cc1Br. The fourth-order valence-corrected chi connectivity index (χ4v) is 1.94. The third-order valence-electron chi connectivity index (χ3n) is 1.69. The largest absolute Gasteiger partial charge is 0.301 e. The molecule has 1 rings (SSSR count). The number of nitriles is 1. The predicted octanol–water partition coefficient (Wildman–Crippen LogP) is 2.89. The van der Waals surface area contributed by atoms with Gasteiger partial charge in [0.2, 0.25) is 0 Å². The van der Waals surface area contributed by atoms with Gasteiger partial charge in [-0.1, -0.05) is 33.6 Å². The van der Waals surface area contributed by atoms with Crippen LogP contribution in [0.5, 0.6) is 0 Å². The Morgan fingerprint density at radius 2 is 2.31 bits per heavy atom. The van der Waals surface area contributed by atoms with Crippen LogP contribution in [0.15, 0.2) is 22.7 Å². The second kappa shape index (κ2) is 4.61. The predicted molar refractivity (Wildman–Crippen MR) is 56.6 cm³/mol. The van der Waals surface area contributed by atoms with Crippen LogP contribution >= 0.6 is 27.5 Å². The molecular formula is C9H8BrClN2. The van der Waals surface area contributed by atoms with Gasteiger partial charge in [0.05, 0.1) is 6.07 Å². The molecule has 1 unspecified atom stereocenters. The Labute approximate surface area is 90.6 Å². The van der Waals surface area contributed by atoms with Crippen molar-refractivity contribution in [2.45, 2.75) is 6.04 Å². The first-order valence-electron chi connectivity index (χ1n) is 3.71. The topological polar surface area (TPSA) is 35.8 Å². The third-order valence-corrected chi connectivity index (χ3v) is 2.61. The summed E-state index contributed by atoms with van der Waals surface area (Å²) in [5, 5.41) is 12.4. The van der Waals surface area contributed by atoms with E-state index >= 15 is 0 Å². The van der Waals surface area contributed by atoms with Gasteiger partial charge >= 0.3 is 0 Å². The summed E-state index contributed by atoms with van der Waals surface area (Å²) in [6.45, 7) is 0. The van der Waals surface area contributed by atoms with Crippen LogP contribution in [-0.2, 0) is 0 Å². The Kier molecular flexibility index (Phi) is 3.73. The highest BCUT2D eigenvalue weighted by molar-refractivity contribution is 9.10. The molecule has 0 saturated carbocycles. The van der Waals surface area contributed by atoms with Gasteiger partial charge in [-0.2, -0.15) is 5.26 Å². The van der Waals surface area contributed by atoms with Gasteiger partial charge in [-0.05, 0) is 24.7 Å². The van der Waals surface area contributed by atoms with Crippen molar-refractivity contribution < 1.29 is 0 Å². The lowest BCUT2D eigenvalue weighted by atomic mass is 10.1. The van der Waals surface area contributed by atoms with E-state index in [1.54, 1.807) is 19.2 Å². The number of nitrogens with one attached hydrogen (secondary N) is 1.